The Morgan fingerprint density at radius 2 is 1.91 bits per heavy atom. The van der Waals surface area contributed by atoms with Crippen molar-refractivity contribution >= 4 is 11.9 Å². The van der Waals surface area contributed by atoms with E-state index in [1.165, 1.54) is 5.56 Å². The van der Waals surface area contributed by atoms with Gasteiger partial charge in [0, 0.05) is 40.2 Å². The van der Waals surface area contributed by atoms with Gasteiger partial charge < -0.3 is 20.1 Å². The van der Waals surface area contributed by atoms with E-state index in [9.17, 15) is 4.79 Å². The second-order valence-corrected chi connectivity index (χ2v) is 8.10. The minimum Gasteiger partial charge on any atom is -0.352 e. The molecular formula is C25H30N6O. The molecule has 2 aromatic carbocycles. The SMILES string of the molecule is CN=C(NCc1ccc(CN2CCCC2=O)cc1)N(C)Cc1ncc(-c2ccccc2)[nH]1. The quantitative estimate of drug-likeness (QED) is 0.445. The number of hydrogen-bond acceptors (Lipinski definition) is 3. The predicted octanol–water partition coefficient (Wildman–Crippen LogP) is 3.41. The number of aliphatic imine (C=N–C) groups is 1. The van der Waals surface area contributed by atoms with E-state index in [-0.39, 0.29) is 5.91 Å². The molecule has 7 nitrogen and oxygen atoms in total. The molecule has 0 atom stereocenters. The molecule has 0 saturated carbocycles. The summed E-state index contributed by atoms with van der Waals surface area (Å²) in [7, 11) is 3.78. The van der Waals surface area contributed by atoms with Gasteiger partial charge in [0.2, 0.25) is 5.91 Å². The minimum absolute atomic E-state index is 0.259. The zero-order valence-corrected chi connectivity index (χ0v) is 18.7. The van der Waals surface area contributed by atoms with E-state index in [1.807, 2.05) is 41.2 Å². The zero-order valence-electron chi connectivity index (χ0n) is 18.7. The number of nitrogens with zero attached hydrogens (tertiary/aromatic N) is 4. The number of hydrogen-bond donors (Lipinski definition) is 2. The number of amides is 1. The summed E-state index contributed by atoms with van der Waals surface area (Å²) in [5.74, 6) is 1.94. The van der Waals surface area contributed by atoms with Gasteiger partial charge in [-0.3, -0.25) is 9.79 Å². The third-order valence-corrected chi connectivity index (χ3v) is 5.69. The summed E-state index contributed by atoms with van der Waals surface area (Å²) >= 11 is 0. The number of guanidine groups is 1. The Morgan fingerprint density at radius 3 is 2.59 bits per heavy atom. The van der Waals surface area contributed by atoms with Gasteiger partial charge in [0.15, 0.2) is 5.96 Å². The number of carbonyl (C=O) groups is 1. The largest absolute Gasteiger partial charge is 0.352 e. The molecule has 0 aliphatic carbocycles. The van der Waals surface area contributed by atoms with Crippen LogP contribution in [0.2, 0.25) is 0 Å². The van der Waals surface area contributed by atoms with Crippen LogP contribution in [0.3, 0.4) is 0 Å². The highest BCUT2D eigenvalue weighted by Crippen LogP contribution is 2.17. The van der Waals surface area contributed by atoms with E-state index >= 15 is 0 Å². The van der Waals surface area contributed by atoms with E-state index in [1.54, 1.807) is 7.05 Å². The van der Waals surface area contributed by atoms with E-state index in [0.717, 1.165) is 41.6 Å². The van der Waals surface area contributed by atoms with Gasteiger partial charge in [0.25, 0.3) is 0 Å². The van der Waals surface area contributed by atoms with E-state index in [0.29, 0.717) is 26.1 Å². The average molecular weight is 431 g/mol. The van der Waals surface area contributed by atoms with Crippen LogP contribution in [0.15, 0.2) is 65.8 Å². The third kappa shape index (κ3) is 5.35. The molecule has 32 heavy (non-hydrogen) atoms. The molecular weight excluding hydrogens is 400 g/mol. The van der Waals surface area contributed by atoms with Crippen LogP contribution in [0, 0.1) is 0 Å². The minimum atomic E-state index is 0.259. The molecule has 0 unspecified atom stereocenters. The Labute approximate surface area is 189 Å². The number of H-pyrrole nitrogens is 1. The second kappa shape index (κ2) is 10.1. The van der Waals surface area contributed by atoms with Gasteiger partial charge >= 0.3 is 0 Å². The fourth-order valence-electron chi connectivity index (χ4n) is 3.93. The lowest BCUT2D eigenvalue weighted by Crippen LogP contribution is -2.38. The Hall–Kier alpha value is -3.61. The summed E-state index contributed by atoms with van der Waals surface area (Å²) < 4.78 is 0. The number of aromatic nitrogens is 2. The van der Waals surface area contributed by atoms with Crippen LogP contribution in [-0.4, -0.2) is 52.3 Å². The van der Waals surface area contributed by atoms with Crippen molar-refractivity contribution in [1.82, 2.24) is 25.1 Å². The molecule has 1 aromatic heterocycles. The zero-order chi connectivity index (χ0) is 22.3. The second-order valence-electron chi connectivity index (χ2n) is 8.10. The van der Waals surface area contributed by atoms with E-state index in [2.05, 4.69) is 56.7 Å². The van der Waals surface area contributed by atoms with Gasteiger partial charge in [-0.05, 0) is 23.1 Å². The van der Waals surface area contributed by atoms with E-state index in [4.69, 9.17) is 0 Å². The number of carbonyl (C=O) groups excluding carboxylic acids is 1. The molecule has 2 heterocycles. The van der Waals surface area contributed by atoms with Gasteiger partial charge in [0.05, 0.1) is 18.4 Å². The van der Waals surface area contributed by atoms with Gasteiger partial charge in [-0.2, -0.15) is 0 Å². The molecule has 1 aliphatic heterocycles. The molecule has 2 N–H and O–H groups in total. The van der Waals surface area contributed by atoms with Gasteiger partial charge in [-0.1, -0.05) is 54.6 Å². The number of benzene rings is 2. The summed E-state index contributed by atoms with van der Waals surface area (Å²) in [6, 6.07) is 18.6. The maximum absolute atomic E-state index is 11.8. The first-order chi connectivity index (χ1) is 15.6. The first kappa shape index (κ1) is 21.6. The van der Waals surface area contributed by atoms with Gasteiger partial charge in [0.1, 0.15) is 5.82 Å². The average Bonchev–Trinajstić information content (AvgIpc) is 3.45. The number of likely N-dealkylation sites (tertiary alicyclic amines) is 1. The van der Waals surface area contributed by atoms with Crippen molar-refractivity contribution < 1.29 is 4.79 Å². The van der Waals surface area contributed by atoms with Crippen molar-refractivity contribution in [2.45, 2.75) is 32.5 Å². The summed E-state index contributed by atoms with van der Waals surface area (Å²) in [4.78, 5) is 28.1. The Bertz CT molecular complexity index is 1060. The summed E-state index contributed by atoms with van der Waals surface area (Å²) in [6.07, 6.45) is 3.52. The molecule has 1 aliphatic rings. The molecule has 7 heteroatoms. The van der Waals surface area contributed by atoms with Crippen LogP contribution in [-0.2, 0) is 24.4 Å². The van der Waals surface area contributed by atoms with Crippen molar-refractivity contribution in [2.75, 3.05) is 20.6 Å². The van der Waals surface area contributed by atoms with Crippen molar-refractivity contribution in [2.24, 2.45) is 4.99 Å². The predicted molar refractivity (Wildman–Crippen MR) is 127 cm³/mol. The molecule has 3 aromatic rings. The maximum Gasteiger partial charge on any atom is 0.222 e. The maximum atomic E-state index is 11.8. The summed E-state index contributed by atoms with van der Waals surface area (Å²) in [5.41, 5.74) is 4.46. The molecule has 0 bridgehead atoms. The first-order valence-electron chi connectivity index (χ1n) is 11.0. The van der Waals surface area contributed by atoms with Crippen LogP contribution in [0.4, 0.5) is 0 Å². The van der Waals surface area contributed by atoms with Crippen LogP contribution < -0.4 is 5.32 Å². The molecule has 1 fully saturated rings. The smallest absolute Gasteiger partial charge is 0.222 e. The number of aromatic amines is 1. The lowest BCUT2D eigenvalue weighted by Gasteiger charge is -2.21. The molecule has 1 amide bonds. The highest BCUT2D eigenvalue weighted by molar-refractivity contribution is 5.79. The standard InChI is InChI=1S/C25H30N6O/c1-26-25(30(2)18-23-27-16-22(29-23)21-7-4-3-5-8-21)28-15-19-10-12-20(13-11-19)17-31-14-6-9-24(31)32/h3-5,7-8,10-13,16H,6,9,14-15,17-18H2,1-2H3,(H,26,28)(H,27,29). The Kier molecular flexibility index (Phi) is 6.84. The van der Waals surface area contributed by atoms with Crippen LogP contribution in [0.5, 0.6) is 0 Å². The van der Waals surface area contributed by atoms with Gasteiger partial charge in [-0.15, -0.1) is 0 Å². The summed E-state index contributed by atoms with van der Waals surface area (Å²) in [5, 5.41) is 3.41. The molecule has 4 rings (SSSR count). The first-order valence-corrected chi connectivity index (χ1v) is 11.0. The van der Waals surface area contributed by atoms with Crippen molar-refractivity contribution in [1.29, 1.82) is 0 Å². The fraction of sp³-hybridized carbons (Fsp3) is 0.320. The number of nitrogens with one attached hydrogen (secondary N) is 2. The third-order valence-electron chi connectivity index (χ3n) is 5.69. The molecule has 0 radical (unpaired) electrons. The Balaban J connectivity index is 1.29. The lowest BCUT2D eigenvalue weighted by atomic mass is 10.1. The highest BCUT2D eigenvalue weighted by atomic mass is 16.2. The van der Waals surface area contributed by atoms with Crippen molar-refractivity contribution in [3.8, 4) is 11.3 Å². The molecule has 1 saturated heterocycles. The highest BCUT2D eigenvalue weighted by Gasteiger charge is 2.19. The number of rotatable bonds is 7. The van der Waals surface area contributed by atoms with Crippen molar-refractivity contribution in [3.05, 3.63) is 77.7 Å². The Morgan fingerprint density at radius 1 is 1.16 bits per heavy atom. The van der Waals surface area contributed by atoms with Crippen LogP contribution in [0.1, 0.15) is 29.8 Å². The molecule has 0 spiro atoms. The topological polar surface area (TPSA) is 76.6 Å². The van der Waals surface area contributed by atoms with Crippen LogP contribution in [0.25, 0.3) is 11.3 Å². The van der Waals surface area contributed by atoms with Crippen LogP contribution >= 0.6 is 0 Å². The normalized spacial score (nSPS) is 14.1. The fourth-order valence-corrected chi connectivity index (χ4v) is 3.93. The monoisotopic (exact) mass is 430 g/mol. The molecule has 166 valence electrons. The number of imidazole rings is 1. The van der Waals surface area contributed by atoms with Gasteiger partial charge in [-0.25, -0.2) is 4.98 Å². The lowest BCUT2D eigenvalue weighted by molar-refractivity contribution is -0.128. The summed E-state index contributed by atoms with van der Waals surface area (Å²) in [6.45, 7) is 2.86. The van der Waals surface area contributed by atoms with E-state index < -0.39 is 0 Å². The van der Waals surface area contributed by atoms with Crippen molar-refractivity contribution in [3.63, 3.8) is 0 Å².